The fourth-order valence-corrected chi connectivity index (χ4v) is 2.35. The topological polar surface area (TPSA) is 90.7 Å². The number of carbonyl (C=O) groups is 1. The first-order valence-electron chi connectivity index (χ1n) is 7.28. The van der Waals surface area contributed by atoms with Gasteiger partial charge in [-0.3, -0.25) is 4.79 Å². The van der Waals surface area contributed by atoms with E-state index in [0.29, 0.717) is 5.56 Å². The molecule has 132 valence electrons. The van der Waals surface area contributed by atoms with E-state index in [2.05, 4.69) is 9.73 Å². The van der Waals surface area contributed by atoms with Crippen LogP contribution in [-0.2, 0) is 11.2 Å². The number of hydrogen-bond donors (Lipinski definition) is 2. The molecule has 0 aliphatic carbocycles. The average Bonchev–Trinajstić information content (AvgIpc) is 2.52. The van der Waals surface area contributed by atoms with Crippen molar-refractivity contribution in [3.05, 3.63) is 65.7 Å². The van der Waals surface area contributed by atoms with Gasteiger partial charge in [0.2, 0.25) is 0 Å². The summed E-state index contributed by atoms with van der Waals surface area (Å²) in [6.45, 7) is 0. The number of alkyl halides is 3. The molecule has 1 amide bonds. The molecular weight excluding hydrogens is 335 g/mol. The van der Waals surface area contributed by atoms with E-state index >= 15 is 0 Å². The molecule has 0 aromatic heterocycles. The van der Waals surface area contributed by atoms with Crippen LogP contribution in [0.1, 0.15) is 17.0 Å². The van der Waals surface area contributed by atoms with E-state index in [-0.39, 0.29) is 17.7 Å². The fraction of sp³-hybridized carbons (Fsp3) is 0.176. The van der Waals surface area contributed by atoms with Crippen LogP contribution in [0.2, 0.25) is 0 Å². The van der Waals surface area contributed by atoms with Crippen molar-refractivity contribution in [2.75, 3.05) is 0 Å². The van der Waals surface area contributed by atoms with Gasteiger partial charge >= 0.3 is 6.36 Å². The van der Waals surface area contributed by atoms with Crippen molar-refractivity contribution in [1.29, 1.82) is 0 Å². The molecule has 0 aliphatic rings. The number of aliphatic imine (C=N–C) groups is 1. The molecule has 8 heteroatoms. The summed E-state index contributed by atoms with van der Waals surface area (Å²) in [4.78, 5) is 15.9. The third-order valence-corrected chi connectivity index (χ3v) is 3.36. The summed E-state index contributed by atoms with van der Waals surface area (Å²) in [5.41, 5.74) is 11.3. The third-order valence-electron chi connectivity index (χ3n) is 3.36. The zero-order valence-corrected chi connectivity index (χ0v) is 13.0. The second kappa shape index (κ2) is 7.69. The highest BCUT2D eigenvalue weighted by Crippen LogP contribution is 2.31. The lowest BCUT2D eigenvalue weighted by molar-refractivity contribution is -0.274. The van der Waals surface area contributed by atoms with Crippen molar-refractivity contribution >= 4 is 11.9 Å². The van der Waals surface area contributed by atoms with Crippen LogP contribution < -0.4 is 16.2 Å². The minimum absolute atomic E-state index is 0.0497. The van der Waals surface area contributed by atoms with E-state index in [0.717, 1.165) is 0 Å². The van der Waals surface area contributed by atoms with Crippen LogP contribution in [0.5, 0.6) is 5.75 Å². The van der Waals surface area contributed by atoms with Gasteiger partial charge in [0.05, 0.1) is 5.92 Å². The number of nitrogens with zero attached hydrogens (tertiary/aromatic N) is 1. The number of para-hydroxylation sites is 1. The number of rotatable bonds is 5. The molecule has 0 heterocycles. The molecule has 1 atom stereocenters. The Hall–Kier alpha value is -3.03. The monoisotopic (exact) mass is 351 g/mol. The van der Waals surface area contributed by atoms with Gasteiger partial charge in [-0.15, -0.1) is 13.2 Å². The highest BCUT2D eigenvalue weighted by Gasteiger charge is 2.32. The van der Waals surface area contributed by atoms with Crippen molar-refractivity contribution in [2.24, 2.45) is 16.5 Å². The Labute approximate surface area is 142 Å². The molecule has 0 bridgehead atoms. The van der Waals surface area contributed by atoms with Gasteiger partial charge < -0.3 is 16.2 Å². The second-order valence-corrected chi connectivity index (χ2v) is 5.20. The standard InChI is InChI=1S/C17H16F3N3O2/c18-17(19,20)25-14-9-5-4-8-12(14)10-13(15(24)23-16(21)22)11-6-2-1-3-7-11/h1-9,13H,10H2,(H4,21,22,23,24). The molecule has 1 unspecified atom stereocenters. The van der Waals surface area contributed by atoms with Crippen LogP contribution in [0.4, 0.5) is 13.2 Å². The minimum atomic E-state index is -4.83. The van der Waals surface area contributed by atoms with Crippen LogP contribution in [0, 0.1) is 0 Å². The maximum absolute atomic E-state index is 12.6. The Balaban J connectivity index is 2.38. The summed E-state index contributed by atoms with van der Waals surface area (Å²) in [5.74, 6) is -2.27. The Morgan fingerprint density at radius 3 is 2.24 bits per heavy atom. The van der Waals surface area contributed by atoms with Gasteiger partial charge in [0.25, 0.3) is 5.91 Å². The van der Waals surface area contributed by atoms with Gasteiger partial charge in [-0.1, -0.05) is 48.5 Å². The quantitative estimate of drug-likeness (QED) is 0.640. The third kappa shape index (κ3) is 5.52. The molecule has 0 saturated heterocycles. The van der Waals surface area contributed by atoms with Crippen molar-refractivity contribution in [2.45, 2.75) is 18.7 Å². The summed E-state index contributed by atoms with van der Waals surface area (Å²) in [5, 5.41) is 0. The lowest BCUT2D eigenvalue weighted by Crippen LogP contribution is -2.26. The highest BCUT2D eigenvalue weighted by molar-refractivity contribution is 5.95. The van der Waals surface area contributed by atoms with Crippen LogP contribution in [0.25, 0.3) is 0 Å². The minimum Gasteiger partial charge on any atom is -0.406 e. The molecule has 0 spiro atoms. The van der Waals surface area contributed by atoms with Gasteiger partial charge in [0.1, 0.15) is 5.75 Å². The van der Waals surface area contributed by atoms with Gasteiger partial charge in [-0.25, -0.2) is 0 Å². The average molecular weight is 351 g/mol. The van der Waals surface area contributed by atoms with Crippen LogP contribution >= 0.6 is 0 Å². The molecule has 5 nitrogen and oxygen atoms in total. The zero-order valence-electron chi connectivity index (χ0n) is 13.0. The highest BCUT2D eigenvalue weighted by atomic mass is 19.4. The number of guanidine groups is 1. The Morgan fingerprint density at radius 2 is 1.64 bits per heavy atom. The second-order valence-electron chi connectivity index (χ2n) is 5.20. The van der Waals surface area contributed by atoms with E-state index < -0.39 is 24.1 Å². The molecule has 0 saturated carbocycles. The smallest absolute Gasteiger partial charge is 0.406 e. The van der Waals surface area contributed by atoms with Gasteiger partial charge in [-0.05, 0) is 23.6 Å². The van der Waals surface area contributed by atoms with Crippen molar-refractivity contribution in [1.82, 2.24) is 0 Å². The number of ether oxygens (including phenoxy) is 1. The number of nitrogens with two attached hydrogens (primary N) is 2. The first-order valence-corrected chi connectivity index (χ1v) is 7.28. The zero-order chi connectivity index (χ0) is 18.4. The Morgan fingerprint density at radius 1 is 1.04 bits per heavy atom. The molecule has 4 N–H and O–H groups in total. The Kier molecular flexibility index (Phi) is 5.63. The predicted molar refractivity (Wildman–Crippen MR) is 86.8 cm³/mol. The van der Waals surface area contributed by atoms with Crippen LogP contribution in [-0.4, -0.2) is 18.2 Å². The summed E-state index contributed by atoms with van der Waals surface area (Å²) < 4.78 is 41.7. The van der Waals surface area contributed by atoms with Gasteiger partial charge in [0, 0.05) is 0 Å². The molecular formula is C17H16F3N3O2. The van der Waals surface area contributed by atoms with Crippen LogP contribution in [0.15, 0.2) is 59.6 Å². The lowest BCUT2D eigenvalue weighted by atomic mass is 9.91. The normalized spacial score (nSPS) is 12.3. The first-order chi connectivity index (χ1) is 11.8. The Bertz CT molecular complexity index is 757. The van der Waals surface area contributed by atoms with E-state index in [1.54, 1.807) is 36.4 Å². The molecule has 0 radical (unpaired) electrons. The summed E-state index contributed by atoms with van der Waals surface area (Å²) in [6.07, 6.45) is -4.88. The van der Waals surface area contributed by atoms with E-state index in [1.165, 1.54) is 18.2 Å². The van der Waals surface area contributed by atoms with E-state index in [9.17, 15) is 18.0 Å². The fourth-order valence-electron chi connectivity index (χ4n) is 2.35. The lowest BCUT2D eigenvalue weighted by Gasteiger charge is -2.17. The number of benzene rings is 2. The number of halogens is 3. The van der Waals surface area contributed by atoms with E-state index in [4.69, 9.17) is 11.5 Å². The maximum atomic E-state index is 12.6. The van der Waals surface area contributed by atoms with E-state index in [1.807, 2.05) is 0 Å². The van der Waals surface area contributed by atoms with Crippen LogP contribution in [0.3, 0.4) is 0 Å². The summed E-state index contributed by atoms with van der Waals surface area (Å²) >= 11 is 0. The number of carbonyl (C=O) groups excluding carboxylic acids is 1. The number of hydrogen-bond acceptors (Lipinski definition) is 2. The largest absolute Gasteiger partial charge is 0.573 e. The van der Waals surface area contributed by atoms with Gasteiger partial charge in [0.15, 0.2) is 5.96 Å². The molecule has 25 heavy (non-hydrogen) atoms. The molecule has 0 aliphatic heterocycles. The number of amides is 1. The van der Waals surface area contributed by atoms with Gasteiger partial charge in [-0.2, -0.15) is 4.99 Å². The van der Waals surface area contributed by atoms with Crippen molar-refractivity contribution in [3.8, 4) is 5.75 Å². The SMILES string of the molecule is NC(N)=NC(=O)C(Cc1ccccc1OC(F)(F)F)c1ccccc1. The first kappa shape index (κ1) is 18.3. The van der Waals surface area contributed by atoms with Crippen molar-refractivity contribution in [3.63, 3.8) is 0 Å². The molecule has 2 aromatic carbocycles. The predicted octanol–water partition coefficient (Wildman–Crippen LogP) is 2.71. The summed E-state index contributed by atoms with van der Waals surface area (Å²) in [7, 11) is 0. The maximum Gasteiger partial charge on any atom is 0.573 e. The molecule has 0 fully saturated rings. The molecule has 2 rings (SSSR count). The summed E-state index contributed by atoms with van der Waals surface area (Å²) in [6, 6.07) is 14.2. The molecule has 2 aromatic rings. The van der Waals surface area contributed by atoms with Crippen molar-refractivity contribution < 1.29 is 22.7 Å².